The molecular weight excluding hydrogens is 246 g/mol. The van der Waals surface area contributed by atoms with Crippen LogP contribution in [0.2, 0.25) is 0 Å². The number of amides is 1. The molecule has 1 rings (SSSR count). The SMILES string of the molecule is CCC(CO)(CO)NC(=O)c1ccc(C)c(OC)c1. The molecule has 3 N–H and O–H groups in total. The lowest BCUT2D eigenvalue weighted by Crippen LogP contribution is -2.53. The van der Waals surface area contributed by atoms with Crippen molar-refractivity contribution in [3.05, 3.63) is 29.3 Å². The van der Waals surface area contributed by atoms with Crippen LogP contribution in [0, 0.1) is 6.92 Å². The molecule has 5 nitrogen and oxygen atoms in total. The second kappa shape index (κ2) is 6.54. The zero-order chi connectivity index (χ0) is 14.5. The van der Waals surface area contributed by atoms with E-state index in [0.717, 1.165) is 5.56 Å². The number of carbonyl (C=O) groups excluding carboxylic acids is 1. The molecule has 0 saturated heterocycles. The first-order valence-electron chi connectivity index (χ1n) is 6.20. The average Bonchev–Trinajstić information content (AvgIpc) is 2.45. The maximum absolute atomic E-state index is 12.1. The minimum absolute atomic E-state index is 0.311. The third-order valence-corrected chi connectivity index (χ3v) is 3.33. The van der Waals surface area contributed by atoms with Gasteiger partial charge in [0.05, 0.1) is 25.9 Å². The van der Waals surface area contributed by atoms with E-state index in [1.807, 2.05) is 6.92 Å². The number of nitrogens with one attached hydrogen (secondary N) is 1. The molecule has 0 saturated carbocycles. The summed E-state index contributed by atoms with van der Waals surface area (Å²) in [4.78, 5) is 12.1. The van der Waals surface area contributed by atoms with Crippen molar-refractivity contribution in [2.24, 2.45) is 0 Å². The Morgan fingerprint density at radius 3 is 2.47 bits per heavy atom. The molecule has 0 aliphatic rings. The molecule has 106 valence electrons. The van der Waals surface area contributed by atoms with Crippen molar-refractivity contribution in [3.8, 4) is 5.75 Å². The highest BCUT2D eigenvalue weighted by Gasteiger charge is 2.29. The van der Waals surface area contributed by atoms with Gasteiger partial charge in [0.2, 0.25) is 0 Å². The van der Waals surface area contributed by atoms with E-state index in [4.69, 9.17) is 4.74 Å². The zero-order valence-electron chi connectivity index (χ0n) is 11.6. The van der Waals surface area contributed by atoms with Gasteiger partial charge in [-0.2, -0.15) is 0 Å². The van der Waals surface area contributed by atoms with Crippen molar-refractivity contribution < 1.29 is 19.7 Å². The van der Waals surface area contributed by atoms with Crippen molar-refractivity contribution in [2.45, 2.75) is 25.8 Å². The van der Waals surface area contributed by atoms with E-state index in [2.05, 4.69) is 5.32 Å². The fraction of sp³-hybridized carbons (Fsp3) is 0.500. The van der Waals surface area contributed by atoms with Gasteiger partial charge in [-0.15, -0.1) is 0 Å². The molecule has 1 aromatic rings. The van der Waals surface area contributed by atoms with Crippen LogP contribution in [0.3, 0.4) is 0 Å². The predicted octanol–water partition coefficient (Wildman–Crippen LogP) is 0.867. The van der Waals surface area contributed by atoms with E-state index in [0.29, 0.717) is 17.7 Å². The Morgan fingerprint density at radius 1 is 1.37 bits per heavy atom. The molecule has 0 unspecified atom stereocenters. The van der Waals surface area contributed by atoms with Gasteiger partial charge in [-0.3, -0.25) is 4.79 Å². The number of methoxy groups -OCH3 is 1. The monoisotopic (exact) mass is 267 g/mol. The van der Waals surface area contributed by atoms with Gasteiger partial charge in [0.25, 0.3) is 5.91 Å². The molecule has 0 radical (unpaired) electrons. The number of aliphatic hydroxyl groups excluding tert-OH is 2. The molecule has 0 aliphatic heterocycles. The maximum atomic E-state index is 12.1. The Hall–Kier alpha value is -1.59. The summed E-state index contributed by atoms with van der Waals surface area (Å²) in [7, 11) is 1.54. The molecule has 0 aliphatic carbocycles. The van der Waals surface area contributed by atoms with Gasteiger partial charge in [0.1, 0.15) is 5.75 Å². The Bertz CT molecular complexity index is 433. The average molecular weight is 267 g/mol. The molecule has 0 fully saturated rings. The standard InChI is InChI=1S/C14H21NO4/c1-4-14(8-16,9-17)15-13(18)11-6-5-10(2)12(7-11)19-3/h5-7,16-17H,4,8-9H2,1-3H3,(H,15,18). The quantitative estimate of drug-likeness (QED) is 0.714. The highest BCUT2D eigenvalue weighted by atomic mass is 16.5. The first-order valence-corrected chi connectivity index (χ1v) is 6.20. The second-order valence-corrected chi connectivity index (χ2v) is 4.59. The maximum Gasteiger partial charge on any atom is 0.252 e. The van der Waals surface area contributed by atoms with Crippen LogP contribution in [0.4, 0.5) is 0 Å². The Labute approximate surface area is 113 Å². The highest BCUT2D eigenvalue weighted by molar-refractivity contribution is 5.95. The van der Waals surface area contributed by atoms with E-state index in [9.17, 15) is 15.0 Å². The van der Waals surface area contributed by atoms with E-state index in [1.54, 1.807) is 32.2 Å². The summed E-state index contributed by atoms with van der Waals surface area (Å²) in [6, 6.07) is 5.11. The highest BCUT2D eigenvalue weighted by Crippen LogP contribution is 2.19. The molecule has 0 heterocycles. The minimum atomic E-state index is -0.991. The van der Waals surface area contributed by atoms with E-state index < -0.39 is 5.54 Å². The van der Waals surface area contributed by atoms with Crippen molar-refractivity contribution in [3.63, 3.8) is 0 Å². The van der Waals surface area contributed by atoms with E-state index in [1.165, 1.54) is 0 Å². The van der Waals surface area contributed by atoms with Gasteiger partial charge in [0.15, 0.2) is 0 Å². The van der Waals surface area contributed by atoms with Crippen LogP contribution in [0.1, 0.15) is 29.3 Å². The molecule has 0 atom stereocenters. The van der Waals surface area contributed by atoms with E-state index in [-0.39, 0.29) is 19.1 Å². The van der Waals surface area contributed by atoms with Gasteiger partial charge < -0.3 is 20.3 Å². The molecular formula is C14H21NO4. The fourth-order valence-corrected chi connectivity index (χ4v) is 1.72. The Balaban J connectivity index is 2.94. The lowest BCUT2D eigenvalue weighted by Gasteiger charge is -2.29. The topological polar surface area (TPSA) is 78.8 Å². The number of hydrogen-bond acceptors (Lipinski definition) is 4. The van der Waals surface area contributed by atoms with Crippen LogP contribution in [-0.4, -0.2) is 42.0 Å². The molecule has 19 heavy (non-hydrogen) atoms. The van der Waals surface area contributed by atoms with E-state index >= 15 is 0 Å². The Morgan fingerprint density at radius 2 is 2.00 bits per heavy atom. The van der Waals surface area contributed by atoms with Crippen LogP contribution >= 0.6 is 0 Å². The molecule has 0 bridgehead atoms. The van der Waals surface area contributed by atoms with Crippen molar-refractivity contribution in [2.75, 3.05) is 20.3 Å². The molecule has 1 amide bonds. The van der Waals surface area contributed by atoms with Gasteiger partial charge in [0, 0.05) is 5.56 Å². The van der Waals surface area contributed by atoms with Gasteiger partial charge >= 0.3 is 0 Å². The van der Waals surface area contributed by atoms with Crippen molar-refractivity contribution in [1.82, 2.24) is 5.32 Å². The summed E-state index contributed by atoms with van der Waals surface area (Å²) in [5.41, 5.74) is 0.377. The number of benzene rings is 1. The number of carbonyl (C=O) groups is 1. The molecule has 5 heteroatoms. The molecule has 1 aromatic carbocycles. The molecule has 0 aromatic heterocycles. The summed E-state index contributed by atoms with van der Waals surface area (Å²) in [6.07, 6.45) is 0.439. The van der Waals surface area contributed by atoms with Crippen LogP contribution in [0.25, 0.3) is 0 Å². The number of ether oxygens (including phenoxy) is 1. The van der Waals surface area contributed by atoms with Crippen LogP contribution in [-0.2, 0) is 0 Å². The summed E-state index contributed by atoms with van der Waals surface area (Å²) in [6.45, 7) is 3.06. The van der Waals surface area contributed by atoms with Crippen molar-refractivity contribution >= 4 is 5.91 Å². The number of rotatable bonds is 6. The Kier molecular flexibility index (Phi) is 5.32. The summed E-state index contributed by atoms with van der Waals surface area (Å²) in [5, 5.41) is 21.3. The minimum Gasteiger partial charge on any atom is -0.496 e. The zero-order valence-corrected chi connectivity index (χ0v) is 11.6. The fourth-order valence-electron chi connectivity index (χ4n) is 1.72. The van der Waals surface area contributed by atoms with Gasteiger partial charge in [-0.05, 0) is 31.0 Å². The van der Waals surface area contributed by atoms with Crippen LogP contribution in [0.15, 0.2) is 18.2 Å². The lowest BCUT2D eigenvalue weighted by molar-refractivity contribution is 0.0652. The summed E-state index contributed by atoms with van der Waals surface area (Å²) in [5.74, 6) is 0.283. The first kappa shape index (κ1) is 15.5. The summed E-state index contributed by atoms with van der Waals surface area (Å²) < 4.78 is 5.17. The largest absolute Gasteiger partial charge is 0.496 e. The van der Waals surface area contributed by atoms with Gasteiger partial charge in [-0.1, -0.05) is 13.0 Å². The van der Waals surface area contributed by atoms with Gasteiger partial charge in [-0.25, -0.2) is 0 Å². The number of aryl methyl sites for hydroxylation is 1. The second-order valence-electron chi connectivity index (χ2n) is 4.59. The third kappa shape index (κ3) is 3.45. The first-order chi connectivity index (χ1) is 9.01. The lowest BCUT2D eigenvalue weighted by atomic mass is 9.97. The smallest absolute Gasteiger partial charge is 0.252 e. The van der Waals surface area contributed by atoms with Crippen LogP contribution in [0.5, 0.6) is 5.75 Å². The third-order valence-electron chi connectivity index (χ3n) is 3.33. The van der Waals surface area contributed by atoms with Crippen LogP contribution < -0.4 is 10.1 Å². The number of aliphatic hydroxyl groups is 2. The summed E-state index contributed by atoms with van der Waals surface area (Å²) >= 11 is 0. The number of hydrogen-bond donors (Lipinski definition) is 3. The van der Waals surface area contributed by atoms with Crippen molar-refractivity contribution in [1.29, 1.82) is 0 Å². The normalized spacial score (nSPS) is 11.2. The predicted molar refractivity (Wildman–Crippen MR) is 72.4 cm³/mol. The molecule has 0 spiro atoms.